The van der Waals surface area contributed by atoms with E-state index in [0.29, 0.717) is 17.9 Å². The van der Waals surface area contributed by atoms with Crippen LogP contribution < -0.4 is 15.5 Å². The molecule has 3 aromatic heterocycles. The molecule has 34 heavy (non-hydrogen) atoms. The van der Waals surface area contributed by atoms with E-state index in [1.165, 1.54) is 23.1 Å². The van der Waals surface area contributed by atoms with Gasteiger partial charge in [-0.1, -0.05) is 6.07 Å². The minimum Gasteiger partial charge on any atom is -0.505 e. The number of carbonyl (C=O) groups excluding carboxylic acids is 1. The summed E-state index contributed by atoms with van der Waals surface area (Å²) in [4.78, 5) is 34.8. The molecule has 0 saturated carbocycles. The molecule has 0 unspecified atom stereocenters. The smallest absolute Gasteiger partial charge is 0.404 e. The van der Waals surface area contributed by atoms with Gasteiger partial charge >= 0.3 is 6.09 Å². The maximum atomic E-state index is 13.2. The van der Waals surface area contributed by atoms with Crippen molar-refractivity contribution in [3.05, 3.63) is 54.6 Å². The summed E-state index contributed by atoms with van der Waals surface area (Å²) in [5.74, 6) is -0.141. The predicted molar refractivity (Wildman–Crippen MR) is 125 cm³/mol. The van der Waals surface area contributed by atoms with Crippen LogP contribution in [0.15, 0.2) is 49.1 Å². The molecule has 1 aromatic carbocycles. The summed E-state index contributed by atoms with van der Waals surface area (Å²) >= 11 is 0. The van der Waals surface area contributed by atoms with Gasteiger partial charge in [-0.25, -0.2) is 14.3 Å². The zero-order chi connectivity index (χ0) is 23.7. The van der Waals surface area contributed by atoms with E-state index in [4.69, 9.17) is 5.11 Å². The number of hydrogen-bond acceptors (Lipinski definition) is 7. The van der Waals surface area contributed by atoms with Crippen molar-refractivity contribution in [1.82, 2.24) is 24.9 Å². The first-order valence-electron chi connectivity index (χ1n) is 10.9. The van der Waals surface area contributed by atoms with Crippen molar-refractivity contribution in [3.63, 3.8) is 0 Å². The lowest BCUT2D eigenvalue weighted by Gasteiger charge is -2.34. The molecule has 1 aliphatic rings. The molecule has 0 radical (unpaired) electrons. The minimum atomic E-state index is -1.01. The summed E-state index contributed by atoms with van der Waals surface area (Å²) in [5.41, 5.74) is 2.94. The second kappa shape index (κ2) is 8.85. The molecule has 4 heterocycles. The number of anilines is 2. The van der Waals surface area contributed by atoms with E-state index < -0.39 is 6.09 Å². The second-order valence-corrected chi connectivity index (χ2v) is 8.27. The van der Waals surface area contributed by atoms with Gasteiger partial charge in [-0.05, 0) is 37.0 Å². The molecule has 0 aliphatic carbocycles. The summed E-state index contributed by atoms with van der Waals surface area (Å²) in [6.45, 7) is 1.89. The quantitative estimate of drug-likeness (QED) is 0.355. The fourth-order valence-electron chi connectivity index (χ4n) is 4.30. The number of benzene rings is 1. The first-order chi connectivity index (χ1) is 16.5. The molecular formula is C23H23N7O4. The maximum absolute atomic E-state index is 13.2. The standard InChI is InChI=1S/C23H23N7O4/c31-16-11-25-21-17(12-27-30(21)13-16)22(32)28-19-8-15-2-1-5-24-18(15)9-20(19)29-6-3-14(4-7-29)10-26-23(33)34/h1-2,5,8-9,11-14,26,31H,3-4,6-7,10H2,(H,28,32)(H,33,34). The summed E-state index contributed by atoms with van der Waals surface area (Å²) in [6, 6.07) is 7.65. The van der Waals surface area contributed by atoms with Crippen molar-refractivity contribution in [2.24, 2.45) is 5.92 Å². The molecule has 4 N–H and O–H groups in total. The van der Waals surface area contributed by atoms with E-state index in [2.05, 4.69) is 30.6 Å². The number of aromatic nitrogens is 4. The highest BCUT2D eigenvalue weighted by molar-refractivity contribution is 6.10. The van der Waals surface area contributed by atoms with Crippen LogP contribution in [-0.4, -0.2) is 61.4 Å². The number of rotatable bonds is 5. The topological polar surface area (TPSA) is 145 Å². The van der Waals surface area contributed by atoms with Crippen molar-refractivity contribution >= 4 is 39.9 Å². The van der Waals surface area contributed by atoms with Crippen molar-refractivity contribution in [2.45, 2.75) is 12.8 Å². The molecule has 0 bridgehead atoms. The average molecular weight is 461 g/mol. The maximum Gasteiger partial charge on any atom is 0.404 e. The van der Waals surface area contributed by atoms with Crippen molar-refractivity contribution < 1.29 is 19.8 Å². The molecule has 0 atom stereocenters. The second-order valence-electron chi connectivity index (χ2n) is 8.27. The average Bonchev–Trinajstić information content (AvgIpc) is 3.26. The SMILES string of the molecule is O=C(O)NCC1CCN(c2cc3ncccc3cc2NC(=O)c2cnn3cc(O)cnc23)CC1. The van der Waals surface area contributed by atoms with E-state index in [0.717, 1.165) is 42.5 Å². The lowest BCUT2D eigenvalue weighted by atomic mass is 9.96. The van der Waals surface area contributed by atoms with Gasteiger partial charge in [0.15, 0.2) is 11.4 Å². The van der Waals surface area contributed by atoms with Crippen molar-refractivity contribution in [1.29, 1.82) is 0 Å². The van der Waals surface area contributed by atoms with E-state index >= 15 is 0 Å². The van der Waals surface area contributed by atoms with Crippen LogP contribution in [-0.2, 0) is 0 Å². The van der Waals surface area contributed by atoms with Crippen LogP contribution in [0.3, 0.4) is 0 Å². The van der Waals surface area contributed by atoms with E-state index in [1.807, 2.05) is 24.3 Å². The number of fused-ring (bicyclic) bond motifs is 2. The van der Waals surface area contributed by atoms with Crippen molar-refractivity contribution in [2.75, 3.05) is 29.9 Å². The number of nitrogens with zero attached hydrogens (tertiary/aromatic N) is 5. The highest BCUT2D eigenvalue weighted by atomic mass is 16.4. The first kappa shape index (κ1) is 21.4. The van der Waals surface area contributed by atoms with Crippen LogP contribution in [0.25, 0.3) is 16.6 Å². The van der Waals surface area contributed by atoms with Crippen LogP contribution in [0.4, 0.5) is 16.2 Å². The van der Waals surface area contributed by atoms with Gasteiger partial charge in [-0.15, -0.1) is 0 Å². The van der Waals surface area contributed by atoms with Gasteiger partial charge in [-0.3, -0.25) is 9.78 Å². The predicted octanol–water partition coefficient (Wildman–Crippen LogP) is 2.72. The summed E-state index contributed by atoms with van der Waals surface area (Å²) in [7, 11) is 0. The highest BCUT2D eigenvalue weighted by Crippen LogP contribution is 2.34. The zero-order valence-electron chi connectivity index (χ0n) is 18.2. The summed E-state index contributed by atoms with van der Waals surface area (Å²) in [5, 5.41) is 28.9. The minimum absolute atomic E-state index is 0.0474. The van der Waals surface area contributed by atoms with Gasteiger partial charge in [0.25, 0.3) is 5.91 Å². The Bertz CT molecular complexity index is 1380. The number of carbonyl (C=O) groups is 2. The number of aromatic hydroxyl groups is 1. The fourth-order valence-corrected chi connectivity index (χ4v) is 4.30. The first-order valence-corrected chi connectivity index (χ1v) is 10.9. The third kappa shape index (κ3) is 4.27. The third-order valence-electron chi connectivity index (χ3n) is 6.05. The van der Waals surface area contributed by atoms with Gasteiger partial charge in [0, 0.05) is 31.2 Å². The van der Waals surface area contributed by atoms with Crippen LogP contribution in [0, 0.1) is 5.92 Å². The van der Waals surface area contributed by atoms with Crippen LogP contribution in [0.2, 0.25) is 0 Å². The molecule has 1 fully saturated rings. The number of hydrogen-bond donors (Lipinski definition) is 4. The lowest BCUT2D eigenvalue weighted by molar-refractivity contribution is 0.102. The molecule has 11 heteroatoms. The largest absolute Gasteiger partial charge is 0.505 e. The van der Waals surface area contributed by atoms with Gasteiger partial charge < -0.3 is 25.7 Å². The molecule has 1 aliphatic heterocycles. The molecule has 4 aromatic rings. The number of carboxylic acid groups (broad SMARTS) is 1. The van der Waals surface area contributed by atoms with E-state index in [9.17, 15) is 14.7 Å². The number of amides is 2. The lowest BCUT2D eigenvalue weighted by Crippen LogP contribution is -2.38. The van der Waals surface area contributed by atoms with Gasteiger partial charge in [-0.2, -0.15) is 5.10 Å². The summed E-state index contributed by atoms with van der Waals surface area (Å²) in [6.07, 6.45) is 6.45. The van der Waals surface area contributed by atoms with Crippen molar-refractivity contribution in [3.8, 4) is 5.75 Å². The third-order valence-corrected chi connectivity index (χ3v) is 6.05. The monoisotopic (exact) mass is 461 g/mol. The molecule has 2 amide bonds. The number of piperidine rings is 1. The Morgan fingerprint density at radius 2 is 1.97 bits per heavy atom. The molecule has 0 spiro atoms. The Balaban J connectivity index is 1.43. The highest BCUT2D eigenvalue weighted by Gasteiger charge is 2.24. The zero-order valence-corrected chi connectivity index (χ0v) is 18.2. The van der Waals surface area contributed by atoms with Crippen LogP contribution >= 0.6 is 0 Å². The van der Waals surface area contributed by atoms with Crippen LogP contribution in [0.1, 0.15) is 23.2 Å². The van der Waals surface area contributed by atoms with Crippen LogP contribution in [0.5, 0.6) is 5.75 Å². The van der Waals surface area contributed by atoms with E-state index in [-0.39, 0.29) is 23.1 Å². The Morgan fingerprint density at radius 1 is 1.15 bits per heavy atom. The molecule has 1 saturated heterocycles. The number of nitrogens with one attached hydrogen (secondary N) is 2. The van der Waals surface area contributed by atoms with Gasteiger partial charge in [0.1, 0.15) is 5.56 Å². The Hall–Kier alpha value is -4.41. The van der Waals surface area contributed by atoms with Gasteiger partial charge in [0.2, 0.25) is 0 Å². The molecule has 5 rings (SSSR count). The normalized spacial score (nSPS) is 14.4. The Kier molecular flexibility index (Phi) is 5.58. The summed E-state index contributed by atoms with van der Waals surface area (Å²) < 4.78 is 1.35. The molecular weight excluding hydrogens is 438 g/mol. The van der Waals surface area contributed by atoms with E-state index in [1.54, 1.807) is 6.20 Å². The molecule has 11 nitrogen and oxygen atoms in total. The Labute approximate surface area is 194 Å². The fraction of sp³-hybridized carbons (Fsp3) is 0.261. The molecule has 174 valence electrons. The number of pyridine rings is 1. The van der Waals surface area contributed by atoms with Gasteiger partial charge in [0.05, 0.1) is 35.5 Å². The Morgan fingerprint density at radius 3 is 2.76 bits per heavy atom.